The number of nitrogens with one attached hydrogen (secondary N) is 1. The average Bonchev–Trinajstić information content (AvgIpc) is 2.41. The molecule has 19 heavy (non-hydrogen) atoms. The van der Waals surface area contributed by atoms with Gasteiger partial charge >= 0.3 is 0 Å². The molecule has 2 aliphatic rings. The van der Waals surface area contributed by atoms with Gasteiger partial charge in [0, 0.05) is 6.54 Å². The van der Waals surface area contributed by atoms with Crippen LogP contribution in [0.4, 0.5) is 0 Å². The van der Waals surface area contributed by atoms with Crippen molar-refractivity contribution in [2.45, 2.75) is 45.2 Å². The summed E-state index contributed by atoms with van der Waals surface area (Å²) in [7, 11) is 2.13. The van der Waals surface area contributed by atoms with Gasteiger partial charge in [-0.05, 0) is 52.2 Å². The fraction of sp³-hybridized carbons (Fsp3) is 0.857. The van der Waals surface area contributed by atoms with E-state index in [-0.39, 0.29) is 23.9 Å². The van der Waals surface area contributed by atoms with Crippen molar-refractivity contribution in [2.75, 3.05) is 26.7 Å². The Morgan fingerprint density at radius 2 is 1.89 bits per heavy atom. The predicted molar refractivity (Wildman–Crippen MR) is 73.6 cm³/mol. The molecule has 2 fully saturated rings. The van der Waals surface area contributed by atoms with Gasteiger partial charge in [0.1, 0.15) is 12.1 Å². The Labute approximate surface area is 115 Å². The number of piperazine rings is 1. The summed E-state index contributed by atoms with van der Waals surface area (Å²) in [4.78, 5) is 28.4. The minimum atomic E-state index is -0.324. The smallest absolute Gasteiger partial charge is 0.245 e. The van der Waals surface area contributed by atoms with Crippen LogP contribution in [0, 0.1) is 5.92 Å². The highest BCUT2D eigenvalue weighted by Gasteiger charge is 2.38. The first-order valence-electron chi connectivity index (χ1n) is 7.32. The third-order valence-electron chi connectivity index (χ3n) is 4.45. The molecule has 0 aromatic heterocycles. The fourth-order valence-electron chi connectivity index (χ4n) is 2.93. The second kappa shape index (κ2) is 5.90. The summed E-state index contributed by atoms with van der Waals surface area (Å²) in [6, 6.07) is -0.648. The van der Waals surface area contributed by atoms with E-state index < -0.39 is 0 Å². The largest absolute Gasteiger partial charge is 0.343 e. The highest BCUT2D eigenvalue weighted by molar-refractivity contribution is 5.96. The molecule has 0 radical (unpaired) electrons. The third-order valence-corrected chi connectivity index (χ3v) is 4.45. The first-order chi connectivity index (χ1) is 9.02. The lowest BCUT2D eigenvalue weighted by Crippen LogP contribution is -2.63. The van der Waals surface area contributed by atoms with Gasteiger partial charge in [0.05, 0.1) is 0 Å². The van der Waals surface area contributed by atoms with Crippen molar-refractivity contribution in [1.82, 2.24) is 15.1 Å². The van der Waals surface area contributed by atoms with Crippen molar-refractivity contribution in [3.05, 3.63) is 0 Å². The maximum atomic E-state index is 12.4. The molecule has 5 heteroatoms. The zero-order valence-electron chi connectivity index (χ0n) is 12.2. The quantitative estimate of drug-likeness (QED) is 0.808. The second-order valence-corrected chi connectivity index (χ2v) is 5.88. The molecular formula is C14H25N3O2. The average molecular weight is 267 g/mol. The number of amides is 2. The summed E-state index contributed by atoms with van der Waals surface area (Å²) in [5.41, 5.74) is 0. The van der Waals surface area contributed by atoms with Crippen molar-refractivity contribution < 1.29 is 9.59 Å². The first-order valence-corrected chi connectivity index (χ1v) is 7.32. The van der Waals surface area contributed by atoms with E-state index in [1.165, 1.54) is 0 Å². The lowest BCUT2D eigenvalue weighted by atomic mass is 9.94. The molecular weight excluding hydrogens is 242 g/mol. The lowest BCUT2D eigenvalue weighted by Gasteiger charge is -2.40. The van der Waals surface area contributed by atoms with E-state index in [0.717, 1.165) is 32.5 Å². The van der Waals surface area contributed by atoms with Gasteiger partial charge in [-0.15, -0.1) is 0 Å². The molecule has 2 atom stereocenters. The number of carbonyl (C=O) groups is 2. The summed E-state index contributed by atoms with van der Waals surface area (Å²) in [5.74, 6) is 0.610. The molecule has 108 valence electrons. The van der Waals surface area contributed by atoms with Crippen molar-refractivity contribution in [2.24, 2.45) is 5.92 Å². The zero-order valence-corrected chi connectivity index (χ0v) is 12.2. The van der Waals surface area contributed by atoms with Gasteiger partial charge in [-0.25, -0.2) is 0 Å². The molecule has 2 rings (SSSR count). The number of rotatable bonds is 3. The van der Waals surface area contributed by atoms with Crippen molar-refractivity contribution in [1.29, 1.82) is 0 Å². The summed E-state index contributed by atoms with van der Waals surface area (Å²) in [6.45, 7) is 6.67. The monoisotopic (exact) mass is 267 g/mol. The van der Waals surface area contributed by atoms with E-state index in [1.54, 1.807) is 4.90 Å². The Morgan fingerprint density at radius 1 is 1.26 bits per heavy atom. The second-order valence-electron chi connectivity index (χ2n) is 5.88. The van der Waals surface area contributed by atoms with E-state index in [2.05, 4.69) is 17.3 Å². The molecule has 0 bridgehead atoms. The van der Waals surface area contributed by atoms with E-state index >= 15 is 0 Å². The van der Waals surface area contributed by atoms with Crippen LogP contribution in [0.2, 0.25) is 0 Å². The maximum Gasteiger partial charge on any atom is 0.245 e. The number of carbonyl (C=O) groups excluding carboxylic acids is 2. The van der Waals surface area contributed by atoms with Crippen LogP contribution >= 0.6 is 0 Å². The van der Waals surface area contributed by atoms with Crippen molar-refractivity contribution in [3.63, 3.8) is 0 Å². The molecule has 2 saturated heterocycles. The van der Waals surface area contributed by atoms with Gasteiger partial charge in [-0.3, -0.25) is 9.59 Å². The van der Waals surface area contributed by atoms with Crippen LogP contribution in [-0.4, -0.2) is 60.4 Å². The Kier molecular flexibility index (Phi) is 4.45. The van der Waals surface area contributed by atoms with Crippen molar-refractivity contribution >= 4 is 11.8 Å². The molecule has 0 saturated carbocycles. The van der Waals surface area contributed by atoms with Crippen LogP contribution in [0.1, 0.15) is 33.1 Å². The highest BCUT2D eigenvalue weighted by atomic mass is 16.2. The van der Waals surface area contributed by atoms with E-state index in [4.69, 9.17) is 0 Å². The summed E-state index contributed by atoms with van der Waals surface area (Å²) in [5, 5.41) is 2.80. The van der Waals surface area contributed by atoms with Gasteiger partial charge in [0.25, 0.3) is 0 Å². The molecule has 2 heterocycles. The Balaban J connectivity index is 2.00. The molecule has 5 nitrogen and oxygen atoms in total. The van der Waals surface area contributed by atoms with E-state index in [1.807, 2.05) is 13.8 Å². The van der Waals surface area contributed by atoms with Crippen LogP contribution in [0.15, 0.2) is 0 Å². The SMILES string of the molecule is CCC1NC(=O)C(C)N(CC2CCN(C)CC2)C1=O. The topological polar surface area (TPSA) is 52.7 Å². The molecule has 0 aliphatic carbocycles. The molecule has 1 N–H and O–H groups in total. The third kappa shape index (κ3) is 3.08. The van der Waals surface area contributed by atoms with Crippen molar-refractivity contribution in [3.8, 4) is 0 Å². The Bertz CT molecular complexity index is 351. The number of piperidine rings is 1. The van der Waals surface area contributed by atoms with Gasteiger partial charge in [0.15, 0.2) is 0 Å². The molecule has 0 spiro atoms. The predicted octanol–water partition coefficient (Wildman–Crippen LogP) is 0.454. The van der Waals surface area contributed by atoms with Crippen LogP contribution < -0.4 is 5.32 Å². The van der Waals surface area contributed by atoms with Crippen LogP contribution in [0.25, 0.3) is 0 Å². The highest BCUT2D eigenvalue weighted by Crippen LogP contribution is 2.21. The first kappa shape index (κ1) is 14.3. The number of hydrogen-bond donors (Lipinski definition) is 1. The minimum Gasteiger partial charge on any atom is -0.343 e. The molecule has 2 aliphatic heterocycles. The van der Waals surface area contributed by atoms with Crippen LogP contribution in [0.3, 0.4) is 0 Å². The lowest BCUT2D eigenvalue weighted by molar-refractivity contribution is -0.149. The molecule has 0 aromatic rings. The fourth-order valence-corrected chi connectivity index (χ4v) is 2.93. The normalized spacial score (nSPS) is 30.6. The molecule has 0 aromatic carbocycles. The Hall–Kier alpha value is -1.10. The Morgan fingerprint density at radius 3 is 2.47 bits per heavy atom. The molecule has 2 unspecified atom stereocenters. The van der Waals surface area contributed by atoms with Gasteiger partial charge in [0.2, 0.25) is 11.8 Å². The molecule has 2 amide bonds. The number of nitrogens with zero attached hydrogens (tertiary/aromatic N) is 2. The summed E-state index contributed by atoms with van der Waals surface area (Å²) >= 11 is 0. The van der Waals surface area contributed by atoms with Gasteiger partial charge < -0.3 is 15.1 Å². The van der Waals surface area contributed by atoms with Gasteiger partial charge in [-0.1, -0.05) is 6.92 Å². The zero-order chi connectivity index (χ0) is 14.0. The van der Waals surface area contributed by atoms with E-state index in [0.29, 0.717) is 12.3 Å². The number of likely N-dealkylation sites (tertiary alicyclic amines) is 1. The summed E-state index contributed by atoms with van der Waals surface area (Å²) in [6.07, 6.45) is 2.90. The number of hydrogen-bond acceptors (Lipinski definition) is 3. The van der Waals surface area contributed by atoms with Gasteiger partial charge in [-0.2, -0.15) is 0 Å². The van der Waals surface area contributed by atoms with Crippen LogP contribution in [0.5, 0.6) is 0 Å². The van der Waals surface area contributed by atoms with E-state index in [9.17, 15) is 9.59 Å². The minimum absolute atomic E-state index is 0.0145. The summed E-state index contributed by atoms with van der Waals surface area (Å²) < 4.78 is 0. The maximum absolute atomic E-state index is 12.4. The standard InChI is InChI=1S/C14H25N3O2/c1-4-12-14(19)17(10(2)13(18)15-12)9-11-5-7-16(3)8-6-11/h10-12H,4-9H2,1-3H3,(H,15,18). The van der Waals surface area contributed by atoms with Crippen LogP contribution in [-0.2, 0) is 9.59 Å².